The second kappa shape index (κ2) is 11.2. The van der Waals surface area contributed by atoms with E-state index in [0.717, 1.165) is 11.1 Å². The van der Waals surface area contributed by atoms with Gasteiger partial charge in [0.25, 0.3) is 0 Å². The molecule has 5 N–H and O–H groups in total. The van der Waals surface area contributed by atoms with Gasteiger partial charge in [-0.1, -0.05) is 84.9 Å². The van der Waals surface area contributed by atoms with Gasteiger partial charge in [0.2, 0.25) is 0 Å². The summed E-state index contributed by atoms with van der Waals surface area (Å²) in [6.07, 6.45) is 1.43. The normalized spacial score (nSPS) is 11.0. The van der Waals surface area contributed by atoms with Crippen molar-refractivity contribution in [3.8, 4) is 28.7 Å². The molecule has 0 heterocycles. The van der Waals surface area contributed by atoms with Crippen molar-refractivity contribution < 1.29 is 25.5 Å². The molecule has 0 saturated heterocycles. The smallest absolute Gasteiger partial charge is 0.122 e. The standard InChI is InChI=1S/C34H30O5/c35-30-15-3-1-8-23(30)19-26-12-5-11-25(33(26)38)18-22-10-7-17-32(37)29(22)21-28-14-6-13-27(34(28)39)20-24-9-2-4-16-31(24)36/h1-17,35-39H,18-21H2. The molecule has 0 unspecified atom stereocenters. The van der Waals surface area contributed by atoms with Gasteiger partial charge in [-0.2, -0.15) is 0 Å². The zero-order valence-corrected chi connectivity index (χ0v) is 21.4. The van der Waals surface area contributed by atoms with Crippen molar-refractivity contribution in [2.24, 2.45) is 0 Å². The number of aromatic hydroxyl groups is 5. The minimum atomic E-state index is 0.114. The molecule has 0 radical (unpaired) electrons. The lowest BCUT2D eigenvalue weighted by atomic mass is 9.91. The van der Waals surface area contributed by atoms with Crippen molar-refractivity contribution >= 4 is 0 Å². The average molecular weight is 519 g/mol. The highest BCUT2D eigenvalue weighted by Gasteiger charge is 2.17. The highest BCUT2D eigenvalue weighted by atomic mass is 16.3. The number of phenolic OH excluding ortho intramolecular Hbond substituents is 5. The maximum atomic E-state index is 11.1. The maximum Gasteiger partial charge on any atom is 0.122 e. The molecule has 5 rings (SSSR count). The van der Waals surface area contributed by atoms with Crippen LogP contribution in [0.3, 0.4) is 0 Å². The third kappa shape index (κ3) is 5.68. The molecule has 5 aromatic rings. The van der Waals surface area contributed by atoms with Crippen LogP contribution in [0.15, 0.2) is 103 Å². The molecule has 0 atom stereocenters. The summed E-state index contributed by atoms with van der Waals surface area (Å²) in [5, 5.41) is 53.3. The van der Waals surface area contributed by atoms with Crippen LogP contribution in [0.2, 0.25) is 0 Å². The first-order valence-electron chi connectivity index (χ1n) is 12.8. The molecule has 0 bridgehead atoms. The first-order chi connectivity index (χ1) is 18.9. The van der Waals surface area contributed by atoms with E-state index in [-0.39, 0.29) is 28.7 Å². The number of hydrogen-bond donors (Lipinski definition) is 5. The predicted octanol–water partition coefficient (Wildman–Crippen LogP) is 6.58. The van der Waals surface area contributed by atoms with Crippen LogP contribution in [-0.2, 0) is 25.7 Å². The lowest BCUT2D eigenvalue weighted by Crippen LogP contribution is -2.01. The van der Waals surface area contributed by atoms with E-state index in [0.29, 0.717) is 59.1 Å². The van der Waals surface area contributed by atoms with Gasteiger partial charge < -0.3 is 25.5 Å². The molecule has 0 spiro atoms. The van der Waals surface area contributed by atoms with Crippen molar-refractivity contribution in [1.29, 1.82) is 0 Å². The van der Waals surface area contributed by atoms with Crippen molar-refractivity contribution in [2.45, 2.75) is 25.7 Å². The number of hydrogen-bond acceptors (Lipinski definition) is 5. The SMILES string of the molecule is Oc1ccccc1Cc1cccc(Cc2cccc(O)c2Cc2cccc(Cc3ccccc3O)c2O)c1O. The summed E-state index contributed by atoms with van der Waals surface area (Å²) < 4.78 is 0. The Balaban J connectivity index is 1.43. The van der Waals surface area contributed by atoms with E-state index in [1.807, 2.05) is 66.7 Å². The minimum absolute atomic E-state index is 0.114. The van der Waals surface area contributed by atoms with Crippen LogP contribution in [0.4, 0.5) is 0 Å². The Morgan fingerprint density at radius 1 is 0.308 bits per heavy atom. The first kappa shape index (κ1) is 25.7. The fourth-order valence-electron chi connectivity index (χ4n) is 4.98. The zero-order valence-electron chi connectivity index (χ0n) is 21.4. The van der Waals surface area contributed by atoms with Gasteiger partial charge in [0, 0.05) is 31.2 Å². The molecular weight excluding hydrogens is 488 g/mol. The molecule has 0 aromatic heterocycles. The van der Waals surface area contributed by atoms with Crippen LogP contribution in [-0.4, -0.2) is 25.5 Å². The van der Waals surface area contributed by atoms with Crippen molar-refractivity contribution in [2.75, 3.05) is 0 Å². The summed E-state index contributed by atoms with van der Waals surface area (Å²) in [5.74, 6) is 0.754. The Labute approximate surface area is 227 Å². The van der Waals surface area contributed by atoms with Crippen molar-refractivity contribution in [1.82, 2.24) is 0 Å². The van der Waals surface area contributed by atoms with E-state index in [9.17, 15) is 25.5 Å². The van der Waals surface area contributed by atoms with Gasteiger partial charge in [0.05, 0.1) is 0 Å². The lowest BCUT2D eigenvalue weighted by Gasteiger charge is -2.16. The second-order valence-corrected chi connectivity index (χ2v) is 9.73. The van der Waals surface area contributed by atoms with Gasteiger partial charge in [0.1, 0.15) is 28.7 Å². The Morgan fingerprint density at radius 3 is 1.13 bits per heavy atom. The van der Waals surface area contributed by atoms with Gasteiger partial charge in [0.15, 0.2) is 0 Å². The highest BCUT2D eigenvalue weighted by molar-refractivity contribution is 5.53. The van der Waals surface area contributed by atoms with Crippen LogP contribution < -0.4 is 0 Å². The van der Waals surface area contributed by atoms with Gasteiger partial charge >= 0.3 is 0 Å². The molecule has 196 valence electrons. The molecule has 39 heavy (non-hydrogen) atoms. The molecule has 0 saturated carbocycles. The van der Waals surface area contributed by atoms with Crippen molar-refractivity contribution in [3.63, 3.8) is 0 Å². The van der Waals surface area contributed by atoms with Gasteiger partial charge in [-0.15, -0.1) is 0 Å². The molecule has 0 amide bonds. The Bertz CT molecular complexity index is 1620. The number of rotatable bonds is 8. The monoisotopic (exact) mass is 518 g/mol. The maximum absolute atomic E-state index is 11.1. The van der Waals surface area contributed by atoms with Crippen LogP contribution in [0.1, 0.15) is 44.5 Å². The molecule has 5 aromatic carbocycles. The van der Waals surface area contributed by atoms with Crippen LogP contribution in [0.25, 0.3) is 0 Å². The first-order valence-corrected chi connectivity index (χ1v) is 12.8. The molecule has 5 heteroatoms. The Morgan fingerprint density at radius 2 is 0.641 bits per heavy atom. The molecule has 0 fully saturated rings. The van der Waals surface area contributed by atoms with E-state index < -0.39 is 0 Å². The highest BCUT2D eigenvalue weighted by Crippen LogP contribution is 2.35. The second-order valence-electron chi connectivity index (χ2n) is 9.73. The van der Waals surface area contributed by atoms with Gasteiger partial charge in [-0.05, 0) is 57.1 Å². The van der Waals surface area contributed by atoms with E-state index in [4.69, 9.17) is 0 Å². The third-order valence-corrected chi connectivity index (χ3v) is 7.15. The summed E-state index contributed by atoms with van der Waals surface area (Å²) >= 11 is 0. The largest absolute Gasteiger partial charge is 0.508 e. The van der Waals surface area contributed by atoms with E-state index >= 15 is 0 Å². The summed E-state index contributed by atoms with van der Waals surface area (Å²) in [7, 11) is 0. The number of benzene rings is 5. The van der Waals surface area contributed by atoms with E-state index in [2.05, 4.69) is 0 Å². The summed E-state index contributed by atoms with van der Waals surface area (Å²) in [5.41, 5.74) is 5.67. The zero-order chi connectivity index (χ0) is 27.4. The van der Waals surface area contributed by atoms with Crippen LogP contribution >= 0.6 is 0 Å². The third-order valence-electron chi connectivity index (χ3n) is 7.15. The topological polar surface area (TPSA) is 101 Å². The van der Waals surface area contributed by atoms with Gasteiger partial charge in [-0.3, -0.25) is 0 Å². The minimum Gasteiger partial charge on any atom is -0.508 e. The van der Waals surface area contributed by atoms with E-state index in [1.165, 1.54) is 0 Å². The summed E-state index contributed by atoms with van der Waals surface area (Å²) in [4.78, 5) is 0. The predicted molar refractivity (Wildman–Crippen MR) is 152 cm³/mol. The summed E-state index contributed by atoms with van der Waals surface area (Å²) in [6, 6.07) is 30.5. The van der Waals surface area contributed by atoms with E-state index in [1.54, 1.807) is 36.4 Å². The van der Waals surface area contributed by atoms with Crippen molar-refractivity contribution in [3.05, 3.63) is 148 Å². The lowest BCUT2D eigenvalue weighted by molar-refractivity contribution is 0.455. The Hall–Kier alpha value is -4.90. The average Bonchev–Trinajstić information content (AvgIpc) is 2.93. The molecular formula is C34H30O5. The molecule has 5 nitrogen and oxygen atoms in total. The quantitative estimate of drug-likeness (QED) is 0.160. The number of phenols is 5. The fourth-order valence-corrected chi connectivity index (χ4v) is 4.98. The Kier molecular flexibility index (Phi) is 7.41. The number of para-hydroxylation sites is 4. The van der Waals surface area contributed by atoms with Crippen LogP contribution in [0, 0.1) is 0 Å². The summed E-state index contributed by atoms with van der Waals surface area (Å²) in [6.45, 7) is 0. The fraction of sp³-hybridized carbons (Fsp3) is 0.118. The van der Waals surface area contributed by atoms with Gasteiger partial charge in [-0.25, -0.2) is 0 Å². The van der Waals surface area contributed by atoms with Crippen LogP contribution in [0.5, 0.6) is 28.7 Å². The molecule has 0 aliphatic heterocycles. The molecule has 0 aliphatic carbocycles. The molecule has 0 aliphatic rings.